The number of aromatic amines is 1. The molecule has 0 bridgehead atoms. The molecule has 0 aliphatic carbocycles. The molecule has 1 unspecified atom stereocenters. The van der Waals surface area contributed by atoms with Gasteiger partial charge in [0.15, 0.2) is 0 Å². The number of nitrogens with two attached hydrogens (primary N) is 1. The van der Waals surface area contributed by atoms with Crippen LogP contribution in [0.25, 0.3) is 0 Å². The average Bonchev–Trinajstić information content (AvgIpc) is 3.27. The minimum atomic E-state index is -3.58. The molecule has 0 saturated carbocycles. The van der Waals surface area contributed by atoms with Gasteiger partial charge in [0.2, 0.25) is 10.0 Å². The highest BCUT2D eigenvalue weighted by molar-refractivity contribution is 7.89. The van der Waals surface area contributed by atoms with Gasteiger partial charge in [-0.3, -0.25) is 4.79 Å². The van der Waals surface area contributed by atoms with Crippen molar-refractivity contribution < 1.29 is 13.2 Å². The van der Waals surface area contributed by atoms with E-state index >= 15 is 0 Å². The first-order valence-corrected chi connectivity index (χ1v) is 9.48. The van der Waals surface area contributed by atoms with E-state index in [1.165, 1.54) is 16.6 Å². The van der Waals surface area contributed by atoms with Gasteiger partial charge in [-0.15, -0.1) is 12.4 Å². The fraction of sp³-hybridized carbons (Fsp3) is 0.667. The number of nitrogens with one attached hydrogen (secondary N) is 1. The summed E-state index contributed by atoms with van der Waals surface area (Å²) in [7, 11) is -3.58. The monoisotopic (exact) mass is 376 g/mol. The molecule has 3 heterocycles. The van der Waals surface area contributed by atoms with Crippen LogP contribution in [0.3, 0.4) is 0 Å². The minimum Gasteiger partial charge on any atom is -0.356 e. The Morgan fingerprint density at radius 3 is 2.58 bits per heavy atom. The first kappa shape index (κ1) is 19.2. The Kier molecular flexibility index (Phi) is 5.64. The Morgan fingerprint density at radius 1 is 1.33 bits per heavy atom. The Bertz CT molecular complexity index is 699. The van der Waals surface area contributed by atoms with Crippen molar-refractivity contribution in [1.82, 2.24) is 14.2 Å². The fourth-order valence-electron chi connectivity index (χ4n) is 3.24. The molecule has 3 rings (SSSR count). The lowest BCUT2D eigenvalue weighted by Gasteiger charge is -2.22. The van der Waals surface area contributed by atoms with E-state index in [2.05, 4.69) is 4.98 Å². The average molecular weight is 377 g/mol. The van der Waals surface area contributed by atoms with Gasteiger partial charge in [-0.25, -0.2) is 8.42 Å². The molecule has 1 amide bonds. The fourth-order valence-corrected chi connectivity index (χ4v) is 4.82. The summed E-state index contributed by atoms with van der Waals surface area (Å²) in [5, 5.41) is 0. The molecule has 2 fully saturated rings. The number of aromatic nitrogens is 1. The summed E-state index contributed by atoms with van der Waals surface area (Å²) in [6.45, 7) is 4.83. The lowest BCUT2D eigenvalue weighted by atomic mass is 9.90. The third-order valence-corrected chi connectivity index (χ3v) is 6.76. The van der Waals surface area contributed by atoms with Crippen molar-refractivity contribution >= 4 is 28.3 Å². The van der Waals surface area contributed by atoms with Crippen molar-refractivity contribution in [2.24, 2.45) is 11.1 Å². The van der Waals surface area contributed by atoms with Crippen LogP contribution in [0.5, 0.6) is 0 Å². The highest BCUT2D eigenvalue weighted by atomic mass is 35.5. The Hall–Kier alpha value is -1.09. The van der Waals surface area contributed by atoms with Gasteiger partial charge < -0.3 is 15.6 Å². The third kappa shape index (κ3) is 3.46. The molecule has 3 N–H and O–H groups in total. The number of carbonyl (C=O) groups excluding carboxylic acids is 1. The maximum atomic E-state index is 12.7. The third-order valence-electron chi connectivity index (χ3n) is 4.93. The van der Waals surface area contributed by atoms with Gasteiger partial charge in [0.25, 0.3) is 5.91 Å². The van der Waals surface area contributed by atoms with Crippen LogP contribution in [0.15, 0.2) is 17.2 Å². The lowest BCUT2D eigenvalue weighted by molar-refractivity contribution is 0.0787. The first-order chi connectivity index (χ1) is 10.9. The number of hydrogen-bond acceptors (Lipinski definition) is 4. The van der Waals surface area contributed by atoms with E-state index in [0.29, 0.717) is 25.3 Å². The van der Waals surface area contributed by atoms with Crippen LogP contribution in [-0.4, -0.2) is 61.2 Å². The number of sulfonamides is 1. The van der Waals surface area contributed by atoms with Gasteiger partial charge in [-0.2, -0.15) is 4.31 Å². The predicted molar refractivity (Wildman–Crippen MR) is 93.7 cm³/mol. The zero-order valence-electron chi connectivity index (χ0n) is 13.8. The number of likely N-dealkylation sites (tertiary alicyclic amines) is 1. The number of H-pyrrole nitrogens is 1. The summed E-state index contributed by atoms with van der Waals surface area (Å²) in [4.78, 5) is 17.1. The molecule has 2 aliphatic rings. The van der Waals surface area contributed by atoms with Crippen LogP contribution in [-0.2, 0) is 10.0 Å². The van der Waals surface area contributed by atoms with E-state index in [4.69, 9.17) is 5.73 Å². The normalized spacial score (nSPS) is 25.0. The van der Waals surface area contributed by atoms with Crippen molar-refractivity contribution in [2.45, 2.75) is 31.1 Å². The summed E-state index contributed by atoms with van der Waals surface area (Å²) in [6.07, 6.45) is 4.18. The minimum absolute atomic E-state index is 0. The van der Waals surface area contributed by atoms with Gasteiger partial charge in [-0.05, 0) is 37.3 Å². The maximum Gasteiger partial charge on any atom is 0.270 e. The molecule has 1 atom stereocenters. The van der Waals surface area contributed by atoms with Crippen molar-refractivity contribution in [1.29, 1.82) is 0 Å². The molecular weight excluding hydrogens is 352 g/mol. The second-order valence-corrected chi connectivity index (χ2v) is 8.79. The second kappa shape index (κ2) is 7.03. The largest absolute Gasteiger partial charge is 0.356 e. The summed E-state index contributed by atoms with van der Waals surface area (Å²) >= 11 is 0. The summed E-state index contributed by atoms with van der Waals surface area (Å²) < 4.78 is 26.9. The number of rotatable bonds is 4. The van der Waals surface area contributed by atoms with Crippen LogP contribution < -0.4 is 5.73 Å². The summed E-state index contributed by atoms with van der Waals surface area (Å²) in [5.74, 6) is -0.128. The molecular formula is C15H25ClN4O3S. The molecule has 2 aliphatic heterocycles. The highest BCUT2D eigenvalue weighted by Crippen LogP contribution is 2.32. The summed E-state index contributed by atoms with van der Waals surface area (Å²) in [6, 6.07) is 1.45. The number of halogens is 1. The van der Waals surface area contributed by atoms with Crippen LogP contribution in [0, 0.1) is 5.41 Å². The van der Waals surface area contributed by atoms with E-state index in [9.17, 15) is 13.2 Å². The molecule has 136 valence electrons. The first-order valence-electron chi connectivity index (χ1n) is 8.04. The molecule has 2 saturated heterocycles. The lowest BCUT2D eigenvalue weighted by Crippen LogP contribution is -2.34. The zero-order chi connectivity index (χ0) is 16.7. The molecule has 0 aromatic carbocycles. The quantitative estimate of drug-likeness (QED) is 0.819. The number of hydrogen-bond donors (Lipinski definition) is 2. The standard InChI is InChI=1S/C15H24N4O3S.ClH/c1-15(10-16)4-7-19(11-15)23(21,22)12-8-13(17-9-12)14(20)18-5-2-3-6-18;/h8-9,17H,2-7,10-11,16H2,1H3;1H. The van der Waals surface area contributed by atoms with Crippen molar-refractivity contribution in [3.8, 4) is 0 Å². The molecule has 9 heteroatoms. The van der Waals surface area contributed by atoms with Crippen molar-refractivity contribution in [2.75, 3.05) is 32.7 Å². The Morgan fingerprint density at radius 2 is 2.00 bits per heavy atom. The molecule has 7 nitrogen and oxygen atoms in total. The highest BCUT2D eigenvalue weighted by Gasteiger charge is 2.39. The second-order valence-electron chi connectivity index (χ2n) is 6.85. The van der Waals surface area contributed by atoms with Gasteiger partial charge in [0, 0.05) is 32.4 Å². The molecule has 0 spiro atoms. The number of carbonyl (C=O) groups is 1. The van der Waals surface area contributed by atoms with E-state index in [0.717, 1.165) is 32.4 Å². The smallest absolute Gasteiger partial charge is 0.270 e. The maximum absolute atomic E-state index is 12.7. The Balaban J connectivity index is 0.00000208. The van der Waals surface area contributed by atoms with Gasteiger partial charge in [0.05, 0.1) is 0 Å². The van der Waals surface area contributed by atoms with Crippen LogP contribution in [0.4, 0.5) is 0 Å². The van der Waals surface area contributed by atoms with Crippen molar-refractivity contribution in [3.63, 3.8) is 0 Å². The number of nitrogens with zero attached hydrogens (tertiary/aromatic N) is 2. The molecule has 1 aromatic heterocycles. The molecule has 24 heavy (non-hydrogen) atoms. The molecule has 1 aromatic rings. The number of amides is 1. The van der Waals surface area contributed by atoms with E-state index in [-0.39, 0.29) is 28.6 Å². The molecule has 0 radical (unpaired) electrons. The predicted octanol–water partition coefficient (Wildman–Crippen LogP) is 1.03. The van der Waals surface area contributed by atoms with Gasteiger partial charge >= 0.3 is 0 Å². The van der Waals surface area contributed by atoms with Crippen LogP contribution in [0.1, 0.15) is 36.7 Å². The van der Waals surface area contributed by atoms with E-state index < -0.39 is 10.0 Å². The topological polar surface area (TPSA) is 99.5 Å². The van der Waals surface area contributed by atoms with Crippen LogP contribution >= 0.6 is 12.4 Å². The summed E-state index contributed by atoms with van der Waals surface area (Å²) in [5.41, 5.74) is 5.92. The van der Waals surface area contributed by atoms with Crippen molar-refractivity contribution in [3.05, 3.63) is 18.0 Å². The van der Waals surface area contributed by atoms with Gasteiger partial charge in [0.1, 0.15) is 10.6 Å². The SMILES string of the molecule is CC1(CN)CCN(S(=O)(=O)c2c[nH]c(C(=O)N3CCCC3)c2)C1.Cl. The van der Waals surface area contributed by atoms with Crippen LogP contribution in [0.2, 0.25) is 0 Å². The zero-order valence-corrected chi connectivity index (χ0v) is 15.5. The van der Waals surface area contributed by atoms with Gasteiger partial charge in [-0.1, -0.05) is 6.92 Å². The Labute approximate surface area is 149 Å². The van der Waals surface area contributed by atoms with E-state index in [1.807, 2.05) is 6.92 Å². The van der Waals surface area contributed by atoms with E-state index in [1.54, 1.807) is 4.90 Å².